The molecule has 250 valence electrons. The number of nitrogens with one attached hydrogen (secondary N) is 1. The maximum atomic E-state index is 13.1. The van der Waals surface area contributed by atoms with Crippen molar-refractivity contribution in [3.05, 3.63) is 96.6 Å². The minimum atomic E-state index is -1.17. The number of hydrogen-bond donors (Lipinski definition) is 3. The third-order valence-electron chi connectivity index (χ3n) is 7.79. The van der Waals surface area contributed by atoms with Gasteiger partial charge in [0.05, 0.1) is 38.2 Å². The maximum Gasteiger partial charge on any atom is 0.346 e. The van der Waals surface area contributed by atoms with Gasteiger partial charge in [0.15, 0.2) is 5.75 Å². The number of methoxy groups -OCH3 is 1. The molecule has 5 rings (SSSR count). The topological polar surface area (TPSA) is 144 Å². The number of benzene rings is 4. The Labute approximate surface area is 278 Å². The van der Waals surface area contributed by atoms with Crippen molar-refractivity contribution in [1.29, 1.82) is 0 Å². The number of carboxylic acids is 2. The summed E-state index contributed by atoms with van der Waals surface area (Å²) in [4.78, 5) is 37.6. The van der Waals surface area contributed by atoms with Crippen molar-refractivity contribution in [1.82, 2.24) is 0 Å². The molecule has 11 nitrogen and oxygen atoms in total. The number of carbonyl (C=O) groups excluding carboxylic acids is 1. The number of unbranched alkanes of at least 4 members (excludes halogenated alkanes) is 1. The van der Waals surface area contributed by atoms with Crippen LogP contribution in [0.2, 0.25) is 0 Å². The van der Waals surface area contributed by atoms with Crippen LogP contribution in [0.25, 0.3) is 11.1 Å². The first-order valence-electron chi connectivity index (χ1n) is 15.7. The highest BCUT2D eigenvalue weighted by atomic mass is 16.5. The predicted octanol–water partition coefficient (Wildman–Crippen LogP) is 6.37. The number of ether oxygens (including phenoxy) is 4. The molecule has 0 spiro atoms. The van der Waals surface area contributed by atoms with E-state index in [1.807, 2.05) is 48.5 Å². The minimum Gasteiger partial charge on any atom is -0.497 e. The summed E-state index contributed by atoms with van der Waals surface area (Å²) in [5, 5.41) is 21.4. The van der Waals surface area contributed by atoms with Gasteiger partial charge in [-0.1, -0.05) is 30.3 Å². The van der Waals surface area contributed by atoms with E-state index in [-0.39, 0.29) is 18.7 Å². The Hall–Kier alpha value is -5.71. The lowest BCUT2D eigenvalue weighted by atomic mass is 10.1. The Balaban J connectivity index is 1.07. The SMILES string of the molecule is COc1ccc(-c2ccc(OCCCCOc3ccc(C(=O)Nc4cccc5c4OC(C(=O)O)CN5CCCC(=O)O)cc3)cc2)cc1. The minimum absolute atomic E-state index is 0.0446. The summed E-state index contributed by atoms with van der Waals surface area (Å²) in [7, 11) is 1.65. The summed E-state index contributed by atoms with van der Waals surface area (Å²) >= 11 is 0. The first-order chi connectivity index (χ1) is 23.3. The van der Waals surface area contributed by atoms with Gasteiger partial charge in [-0.25, -0.2) is 4.79 Å². The second kappa shape index (κ2) is 16.2. The molecule has 1 aliphatic heterocycles. The molecule has 0 aliphatic carbocycles. The van der Waals surface area contributed by atoms with Gasteiger partial charge in [-0.3, -0.25) is 9.59 Å². The second-order valence-corrected chi connectivity index (χ2v) is 11.2. The molecule has 0 fully saturated rings. The van der Waals surface area contributed by atoms with Gasteiger partial charge in [0.2, 0.25) is 6.10 Å². The number of amides is 1. The van der Waals surface area contributed by atoms with Gasteiger partial charge in [0, 0.05) is 18.5 Å². The summed E-state index contributed by atoms with van der Waals surface area (Å²) in [6.45, 7) is 1.45. The number of para-hydroxylation sites is 1. The van der Waals surface area contributed by atoms with Crippen LogP contribution in [0.3, 0.4) is 0 Å². The molecule has 1 amide bonds. The van der Waals surface area contributed by atoms with E-state index in [4.69, 9.17) is 24.1 Å². The van der Waals surface area contributed by atoms with Crippen LogP contribution in [0, 0.1) is 0 Å². The van der Waals surface area contributed by atoms with Gasteiger partial charge in [-0.2, -0.15) is 0 Å². The number of carboxylic acid groups (broad SMARTS) is 2. The monoisotopic (exact) mass is 654 g/mol. The summed E-state index contributed by atoms with van der Waals surface area (Å²) < 4.78 is 22.7. The summed E-state index contributed by atoms with van der Waals surface area (Å²) in [6.07, 6.45) is 0.721. The molecular formula is C37H38N2O9. The molecule has 3 N–H and O–H groups in total. The van der Waals surface area contributed by atoms with Crippen LogP contribution in [0.5, 0.6) is 23.0 Å². The van der Waals surface area contributed by atoms with Gasteiger partial charge >= 0.3 is 11.9 Å². The number of aliphatic carboxylic acids is 2. The fourth-order valence-electron chi connectivity index (χ4n) is 5.24. The summed E-state index contributed by atoms with van der Waals surface area (Å²) in [5.41, 5.74) is 3.50. The Morgan fingerprint density at radius 3 is 1.94 bits per heavy atom. The number of nitrogens with zero attached hydrogens (tertiary/aromatic N) is 1. The normalized spacial score (nSPS) is 13.5. The van der Waals surface area contributed by atoms with Gasteiger partial charge in [-0.15, -0.1) is 0 Å². The Morgan fingerprint density at radius 2 is 1.38 bits per heavy atom. The smallest absolute Gasteiger partial charge is 0.346 e. The van der Waals surface area contributed by atoms with Crippen LogP contribution < -0.4 is 29.2 Å². The van der Waals surface area contributed by atoms with Crippen LogP contribution in [-0.2, 0) is 9.59 Å². The molecule has 48 heavy (non-hydrogen) atoms. The number of hydrogen-bond acceptors (Lipinski definition) is 8. The van der Waals surface area contributed by atoms with E-state index in [9.17, 15) is 19.5 Å². The lowest BCUT2D eigenvalue weighted by Crippen LogP contribution is -2.45. The average molecular weight is 655 g/mol. The molecule has 1 heterocycles. The molecular weight excluding hydrogens is 616 g/mol. The van der Waals surface area contributed by atoms with Gasteiger partial charge < -0.3 is 39.4 Å². The first kappa shape index (κ1) is 33.6. The van der Waals surface area contributed by atoms with Crippen LogP contribution >= 0.6 is 0 Å². The van der Waals surface area contributed by atoms with Crippen LogP contribution in [0.4, 0.5) is 11.4 Å². The van der Waals surface area contributed by atoms with E-state index in [1.165, 1.54) is 0 Å². The third kappa shape index (κ3) is 8.97. The second-order valence-electron chi connectivity index (χ2n) is 11.2. The number of fused-ring (bicyclic) bond motifs is 1. The van der Waals surface area contributed by atoms with E-state index in [2.05, 4.69) is 5.32 Å². The Kier molecular flexibility index (Phi) is 11.4. The molecule has 4 aromatic rings. The highest BCUT2D eigenvalue weighted by Gasteiger charge is 2.32. The first-order valence-corrected chi connectivity index (χ1v) is 15.7. The van der Waals surface area contributed by atoms with Crippen molar-refractivity contribution in [3.63, 3.8) is 0 Å². The van der Waals surface area contributed by atoms with Crippen molar-refractivity contribution in [2.75, 3.05) is 43.6 Å². The lowest BCUT2D eigenvalue weighted by Gasteiger charge is -2.35. The van der Waals surface area contributed by atoms with Gasteiger partial charge in [-0.05, 0) is 91.1 Å². The molecule has 1 aliphatic rings. The fraction of sp³-hybridized carbons (Fsp3) is 0.270. The summed E-state index contributed by atoms with van der Waals surface area (Å²) in [5.74, 6) is 0.00977. The fourth-order valence-corrected chi connectivity index (χ4v) is 5.24. The molecule has 4 aromatic carbocycles. The Bertz CT molecular complexity index is 1690. The molecule has 0 radical (unpaired) electrons. The van der Waals surface area contributed by atoms with Gasteiger partial charge in [0.25, 0.3) is 5.91 Å². The molecule has 0 saturated carbocycles. The van der Waals surface area contributed by atoms with E-state index in [1.54, 1.807) is 54.5 Å². The zero-order valence-electron chi connectivity index (χ0n) is 26.6. The molecule has 0 saturated heterocycles. The van der Waals surface area contributed by atoms with Crippen molar-refractivity contribution in [2.45, 2.75) is 31.8 Å². The van der Waals surface area contributed by atoms with E-state index in [0.717, 1.165) is 35.5 Å². The van der Waals surface area contributed by atoms with E-state index in [0.29, 0.717) is 48.9 Å². The van der Waals surface area contributed by atoms with Crippen LogP contribution in [0.15, 0.2) is 91.0 Å². The standard InChI is InChI=1S/C37H38N2O9/c1-45-28-15-9-25(10-16-28)26-11-17-29(18-12-26)46-22-2-3-23-47-30-19-13-27(14-20-30)36(42)38-31-6-4-7-32-35(31)48-33(37(43)44)24-39(32)21-5-8-34(40)41/h4,6-7,9-20,33H,2-3,5,8,21-24H2,1H3,(H,38,42)(H,40,41)(H,43,44). The van der Waals surface area contributed by atoms with Crippen molar-refractivity contribution >= 4 is 29.2 Å². The molecule has 0 aromatic heterocycles. The lowest BCUT2D eigenvalue weighted by molar-refractivity contribution is -0.145. The predicted molar refractivity (Wildman–Crippen MR) is 181 cm³/mol. The highest BCUT2D eigenvalue weighted by Crippen LogP contribution is 2.40. The summed E-state index contributed by atoms with van der Waals surface area (Å²) in [6, 6.07) is 27.7. The quantitative estimate of drug-likeness (QED) is 0.117. The number of carbonyl (C=O) groups is 3. The Morgan fingerprint density at radius 1 is 0.792 bits per heavy atom. The zero-order chi connectivity index (χ0) is 33.9. The van der Waals surface area contributed by atoms with Crippen molar-refractivity contribution < 1.29 is 43.5 Å². The zero-order valence-corrected chi connectivity index (χ0v) is 26.6. The van der Waals surface area contributed by atoms with Gasteiger partial charge in [0.1, 0.15) is 17.2 Å². The number of anilines is 2. The highest BCUT2D eigenvalue weighted by molar-refractivity contribution is 6.05. The van der Waals surface area contributed by atoms with Crippen LogP contribution in [0.1, 0.15) is 36.0 Å². The third-order valence-corrected chi connectivity index (χ3v) is 7.79. The van der Waals surface area contributed by atoms with Crippen molar-refractivity contribution in [3.8, 4) is 34.1 Å². The number of rotatable bonds is 16. The molecule has 1 atom stereocenters. The maximum absolute atomic E-state index is 13.1. The van der Waals surface area contributed by atoms with Crippen LogP contribution in [-0.4, -0.2) is 67.6 Å². The largest absolute Gasteiger partial charge is 0.497 e. The molecule has 0 bridgehead atoms. The van der Waals surface area contributed by atoms with E-state index < -0.39 is 23.9 Å². The van der Waals surface area contributed by atoms with E-state index >= 15 is 0 Å². The average Bonchev–Trinajstić information content (AvgIpc) is 3.10. The molecule has 1 unspecified atom stereocenters. The molecule has 11 heteroatoms. The van der Waals surface area contributed by atoms with Crippen molar-refractivity contribution in [2.24, 2.45) is 0 Å².